The summed E-state index contributed by atoms with van der Waals surface area (Å²) in [5.74, 6) is -1.54. The fraction of sp³-hybridized carbons (Fsp3) is 0.379. The van der Waals surface area contributed by atoms with Crippen molar-refractivity contribution in [2.45, 2.75) is 25.3 Å². The Balaban J connectivity index is 1.45. The maximum atomic E-state index is 15.2. The minimum Gasteiger partial charge on any atom is -0.493 e. The number of nitrogens with zero attached hydrogens (tertiary/aromatic N) is 5. The molecule has 4 aromatic rings. The lowest BCUT2D eigenvalue weighted by molar-refractivity contribution is -0.117. The molecule has 1 aliphatic rings. The van der Waals surface area contributed by atoms with Crippen molar-refractivity contribution in [3.8, 4) is 11.5 Å². The predicted molar refractivity (Wildman–Crippen MR) is 159 cm³/mol. The third-order valence-electron chi connectivity index (χ3n) is 7.15. The zero-order valence-corrected chi connectivity index (χ0v) is 24.4. The van der Waals surface area contributed by atoms with Crippen molar-refractivity contribution in [1.29, 1.82) is 0 Å². The Morgan fingerprint density at radius 3 is 2.91 bits per heavy atom. The summed E-state index contributed by atoms with van der Waals surface area (Å²) in [5.41, 5.74) is 5.72. The number of fused-ring (bicyclic) bond motifs is 1. The van der Waals surface area contributed by atoms with E-state index in [-0.39, 0.29) is 29.7 Å². The van der Waals surface area contributed by atoms with Crippen molar-refractivity contribution in [3.63, 3.8) is 0 Å². The molecule has 4 N–H and O–H groups in total. The number of nitrogens with one attached hydrogen (secondary N) is 1. The van der Waals surface area contributed by atoms with E-state index in [1.807, 2.05) is 0 Å². The number of carbonyl (C=O) groups is 1. The van der Waals surface area contributed by atoms with Gasteiger partial charge in [-0.25, -0.2) is 23.7 Å². The Bertz CT molecular complexity index is 1570. The SMILES string of the molecule is COc1cc2c(N(c3ncc(CC(N)=O)s3)c3cccc(F)c3F)ncnc2cc1OCCCN1CCNCC1CCO. The molecule has 3 heterocycles. The van der Waals surface area contributed by atoms with Gasteiger partial charge in [0.05, 0.1) is 31.3 Å². The number of anilines is 3. The Morgan fingerprint density at radius 2 is 2.12 bits per heavy atom. The Labute approximate surface area is 251 Å². The van der Waals surface area contributed by atoms with Gasteiger partial charge in [-0.15, -0.1) is 11.3 Å². The van der Waals surface area contributed by atoms with E-state index in [0.29, 0.717) is 39.9 Å². The van der Waals surface area contributed by atoms with Gasteiger partial charge in [-0.2, -0.15) is 0 Å². The highest BCUT2D eigenvalue weighted by Crippen LogP contribution is 2.42. The summed E-state index contributed by atoms with van der Waals surface area (Å²) in [7, 11) is 1.51. The zero-order chi connectivity index (χ0) is 30.3. The second kappa shape index (κ2) is 14.0. The van der Waals surface area contributed by atoms with Crippen molar-refractivity contribution in [2.75, 3.05) is 51.4 Å². The molecule has 228 valence electrons. The molecule has 5 rings (SSSR count). The van der Waals surface area contributed by atoms with Crippen LogP contribution in [0.1, 0.15) is 17.7 Å². The molecule has 0 spiro atoms. The van der Waals surface area contributed by atoms with Crippen molar-refractivity contribution in [1.82, 2.24) is 25.2 Å². The molecule has 0 aliphatic carbocycles. The third kappa shape index (κ3) is 6.99. The summed E-state index contributed by atoms with van der Waals surface area (Å²) in [6.45, 7) is 4.08. The number of thiazole rings is 1. The highest BCUT2D eigenvalue weighted by atomic mass is 32.1. The molecule has 2 aromatic carbocycles. The quantitative estimate of drug-likeness (QED) is 0.193. The third-order valence-corrected chi connectivity index (χ3v) is 8.13. The molecule has 1 atom stereocenters. The number of rotatable bonds is 13. The normalized spacial score (nSPS) is 15.5. The van der Waals surface area contributed by atoms with Gasteiger partial charge in [0.25, 0.3) is 0 Å². The Kier molecular flexibility index (Phi) is 9.92. The molecular weight excluding hydrogens is 580 g/mol. The number of aliphatic hydroxyl groups is 1. The summed E-state index contributed by atoms with van der Waals surface area (Å²) in [6, 6.07) is 7.53. The number of carbonyl (C=O) groups excluding carboxylic acids is 1. The number of ether oxygens (including phenoxy) is 2. The molecule has 0 bridgehead atoms. The summed E-state index contributed by atoms with van der Waals surface area (Å²) in [4.78, 5) is 29.0. The summed E-state index contributed by atoms with van der Waals surface area (Å²) in [5, 5.41) is 13.5. The Hall–Kier alpha value is -3.98. The number of primary amides is 1. The number of aliphatic hydroxyl groups excluding tert-OH is 1. The molecule has 14 heteroatoms. The zero-order valence-electron chi connectivity index (χ0n) is 23.6. The highest BCUT2D eigenvalue weighted by Gasteiger charge is 2.26. The van der Waals surface area contributed by atoms with Gasteiger partial charge in [0.1, 0.15) is 6.33 Å². The van der Waals surface area contributed by atoms with E-state index in [2.05, 4.69) is 25.2 Å². The van der Waals surface area contributed by atoms with E-state index >= 15 is 4.39 Å². The standard InChI is InChI=1S/C29H33F2N7O4S/c1-41-24-13-20-22(14-25(24)42-11-3-8-37-9-7-33-15-18(37)6-10-39)35-17-36-28(20)38(23-5-2-4-21(30)27(23)31)29-34-16-19(43-29)12-26(32)40/h2,4-5,13-14,16-18,33,39H,3,6-12,15H2,1H3,(H2,32,40). The molecule has 0 radical (unpaired) electrons. The fourth-order valence-electron chi connectivity index (χ4n) is 5.11. The highest BCUT2D eigenvalue weighted by molar-refractivity contribution is 7.15. The lowest BCUT2D eigenvalue weighted by Crippen LogP contribution is -2.51. The van der Waals surface area contributed by atoms with Gasteiger partial charge in [0.2, 0.25) is 5.91 Å². The minimum absolute atomic E-state index is 0.0487. The van der Waals surface area contributed by atoms with E-state index in [1.54, 1.807) is 12.1 Å². The van der Waals surface area contributed by atoms with Crippen molar-refractivity contribution in [3.05, 3.63) is 59.4 Å². The molecule has 2 aromatic heterocycles. The first-order valence-corrected chi connectivity index (χ1v) is 14.7. The molecular formula is C29H33F2N7O4S. The Morgan fingerprint density at radius 1 is 1.26 bits per heavy atom. The van der Waals surface area contributed by atoms with Crippen molar-refractivity contribution in [2.24, 2.45) is 5.73 Å². The van der Waals surface area contributed by atoms with Crippen LogP contribution in [0.5, 0.6) is 11.5 Å². The minimum atomic E-state index is -1.08. The van der Waals surface area contributed by atoms with Crippen molar-refractivity contribution < 1.29 is 28.2 Å². The van der Waals surface area contributed by atoms with E-state index in [9.17, 15) is 14.3 Å². The fourth-order valence-corrected chi connectivity index (χ4v) is 6.04. The second-order valence-electron chi connectivity index (χ2n) is 9.99. The van der Waals surface area contributed by atoms with Crippen LogP contribution in [-0.4, -0.2) is 83.4 Å². The van der Waals surface area contributed by atoms with E-state index in [1.165, 1.54) is 36.7 Å². The number of piperazine rings is 1. The van der Waals surface area contributed by atoms with Gasteiger partial charge < -0.3 is 25.6 Å². The molecule has 1 fully saturated rings. The van der Waals surface area contributed by atoms with E-state index in [4.69, 9.17) is 15.2 Å². The van der Waals surface area contributed by atoms with Gasteiger partial charge in [0.15, 0.2) is 34.1 Å². The van der Waals surface area contributed by atoms with Gasteiger partial charge in [0, 0.05) is 61.4 Å². The molecule has 1 saturated heterocycles. The number of hydrogen-bond acceptors (Lipinski definition) is 11. The van der Waals surface area contributed by atoms with Crippen LogP contribution in [0.15, 0.2) is 42.9 Å². The van der Waals surface area contributed by atoms with Crippen LogP contribution < -0.4 is 25.4 Å². The number of nitrogens with two attached hydrogens (primary N) is 1. The average Bonchev–Trinajstić information content (AvgIpc) is 3.45. The molecule has 1 aliphatic heterocycles. The number of aromatic nitrogens is 3. The maximum absolute atomic E-state index is 15.2. The lowest BCUT2D eigenvalue weighted by Gasteiger charge is -2.36. The number of amides is 1. The van der Waals surface area contributed by atoms with E-state index in [0.717, 1.165) is 56.4 Å². The van der Waals surface area contributed by atoms with Crippen LogP contribution in [0.4, 0.5) is 25.4 Å². The monoisotopic (exact) mass is 613 g/mol. The molecule has 1 unspecified atom stereocenters. The van der Waals surface area contributed by atoms with Crippen LogP contribution in [0.25, 0.3) is 10.9 Å². The predicted octanol–water partition coefficient (Wildman–Crippen LogP) is 3.30. The lowest BCUT2D eigenvalue weighted by atomic mass is 10.1. The summed E-state index contributed by atoms with van der Waals surface area (Å²) in [6.07, 6.45) is 4.23. The largest absolute Gasteiger partial charge is 0.493 e. The van der Waals surface area contributed by atoms with Gasteiger partial charge >= 0.3 is 0 Å². The number of benzene rings is 2. The smallest absolute Gasteiger partial charge is 0.222 e. The van der Waals surface area contributed by atoms with Crippen LogP contribution in [0.2, 0.25) is 0 Å². The molecule has 1 amide bonds. The average molecular weight is 614 g/mol. The van der Waals surface area contributed by atoms with Crippen LogP contribution in [-0.2, 0) is 11.2 Å². The first-order valence-electron chi connectivity index (χ1n) is 13.9. The molecule has 11 nitrogen and oxygen atoms in total. The second-order valence-corrected chi connectivity index (χ2v) is 11.1. The maximum Gasteiger partial charge on any atom is 0.222 e. The first kappa shape index (κ1) is 30.5. The summed E-state index contributed by atoms with van der Waals surface area (Å²) < 4.78 is 41.4. The van der Waals surface area contributed by atoms with Crippen LogP contribution >= 0.6 is 11.3 Å². The van der Waals surface area contributed by atoms with Crippen LogP contribution in [0, 0.1) is 11.6 Å². The van der Waals surface area contributed by atoms with Gasteiger partial charge in [-0.05, 0) is 31.0 Å². The topological polar surface area (TPSA) is 139 Å². The number of hydrogen-bond donors (Lipinski definition) is 3. The summed E-state index contributed by atoms with van der Waals surface area (Å²) >= 11 is 1.11. The number of methoxy groups -OCH3 is 1. The van der Waals surface area contributed by atoms with Crippen molar-refractivity contribution >= 4 is 44.8 Å². The van der Waals surface area contributed by atoms with Gasteiger partial charge in [-0.3, -0.25) is 14.6 Å². The van der Waals surface area contributed by atoms with Gasteiger partial charge in [-0.1, -0.05) is 6.07 Å². The van der Waals surface area contributed by atoms with Crippen LogP contribution in [0.3, 0.4) is 0 Å². The van der Waals surface area contributed by atoms with E-state index < -0.39 is 17.5 Å². The first-order chi connectivity index (χ1) is 20.9. The molecule has 43 heavy (non-hydrogen) atoms. The number of halogens is 2. The molecule has 0 saturated carbocycles.